The van der Waals surface area contributed by atoms with Crippen LogP contribution in [0.2, 0.25) is 0 Å². The van der Waals surface area contributed by atoms with Gasteiger partial charge in [-0.3, -0.25) is 0 Å². The minimum atomic E-state index is 0. The predicted molar refractivity (Wildman–Crippen MR) is 61.6 cm³/mol. The molecule has 0 aromatic rings. The van der Waals surface area contributed by atoms with Crippen LogP contribution in [0.25, 0.3) is 0 Å². The van der Waals surface area contributed by atoms with Crippen molar-refractivity contribution in [2.24, 2.45) is 0 Å². The van der Waals surface area contributed by atoms with Gasteiger partial charge in [0.15, 0.2) is 0 Å². The van der Waals surface area contributed by atoms with Crippen molar-refractivity contribution in [1.82, 2.24) is 0 Å². The average Bonchev–Trinajstić information content (AvgIpc) is 2.33. The van der Waals surface area contributed by atoms with Crippen LogP contribution in [0, 0.1) is 71.0 Å². The predicted octanol–water partition coefficient (Wildman–Crippen LogP) is -0.0390. The van der Waals surface area contributed by atoms with Gasteiger partial charge in [0.05, 0.1) is 0 Å². The Morgan fingerprint density at radius 1 is 0.375 bits per heavy atom. The van der Waals surface area contributed by atoms with Gasteiger partial charge in [0.1, 0.15) is 0 Å². The van der Waals surface area contributed by atoms with Crippen LogP contribution >= 0.6 is 12.4 Å². The summed E-state index contributed by atoms with van der Waals surface area (Å²) in [6.07, 6.45) is 0. The average molecular weight is 335 g/mol. The van der Waals surface area contributed by atoms with E-state index in [4.69, 9.17) is 31.6 Å². The molecule has 0 bridgehead atoms. The van der Waals surface area contributed by atoms with Crippen molar-refractivity contribution < 1.29 is 17.1 Å². The maximum atomic E-state index is 6.50. The molecule has 0 unspecified atom stereocenters. The molecule has 16 heavy (non-hydrogen) atoms. The van der Waals surface area contributed by atoms with Gasteiger partial charge in [-0.25, -0.2) is 31.6 Å². The second kappa shape index (κ2) is 3460. The van der Waals surface area contributed by atoms with Gasteiger partial charge in [-0.05, 0) is 0 Å². The third kappa shape index (κ3) is 2830. The van der Waals surface area contributed by atoms with Crippen molar-refractivity contribution in [2.45, 2.75) is 0 Å². The topological polar surface area (TPSA) is 143 Å². The molecule has 0 fully saturated rings. The Bertz CT molecular complexity index is 106. The van der Waals surface area contributed by atoms with Gasteiger partial charge in [-0.1, -0.05) is 0 Å². The molecule has 10 heteroatoms. The van der Waals surface area contributed by atoms with Crippen LogP contribution in [-0.4, -0.2) is 103 Å². The fourth-order valence-corrected chi connectivity index (χ4v) is 0. The van der Waals surface area contributed by atoms with Crippen LogP contribution in [0.1, 0.15) is 0 Å². The Kier molecular flexibility index (Phi) is 19200. The van der Waals surface area contributed by atoms with Gasteiger partial charge in [0.2, 0.25) is 0 Å². The van der Waals surface area contributed by atoms with E-state index in [1.54, 1.807) is 0 Å². The van der Waals surface area contributed by atoms with Crippen LogP contribution in [-0.2, 0) is 17.1 Å². The van der Waals surface area contributed by atoms with Crippen LogP contribution < -0.4 is 0 Å². The molecule has 80 valence electrons. The zero-order valence-corrected chi connectivity index (χ0v) is 8.83. The molecule has 0 rings (SSSR count). The van der Waals surface area contributed by atoms with Crippen molar-refractivity contribution in [3.05, 3.63) is 0 Å². The summed E-state index contributed by atoms with van der Waals surface area (Å²) in [4.78, 5) is 0. The molecule has 0 saturated carbocycles. The normalized spacial score (nSPS) is 0.750. The molecule has 0 N–H and O–H groups in total. The molecular weight excluding hydrogens is 326 g/mol. The van der Waals surface area contributed by atoms with Crippen LogP contribution in [0.3, 0.4) is 0 Å². The van der Waals surface area contributed by atoms with Crippen molar-refractivity contribution in [3.8, 4) is 39.4 Å². The Hall–Kier alpha value is 1.02. The molecule has 0 saturated heterocycles. The third-order valence-corrected chi connectivity index (χ3v) is 0. The SMILES string of the molecule is C#N.C#N.C#N.C#N.C#N.C#N.Cl.[Fe].[KH].[KH]. The van der Waals surface area contributed by atoms with Crippen molar-refractivity contribution in [2.75, 3.05) is 0 Å². The Balaban J connectivity index is -0.00000000321. The molecule has 0 spiro atoms. The van der Waals surface area contributed by atoms with Gasteiger partial charge in [-0.15, -0.1) is 12.4 Å². The summed E-state index contributed by atoms with van der Waals surface area (Å²) in [5.74, 6) is 0. The van der Waals surface area contributed by atoms with Gasteiger partial charge in [0.25, 0.3) is 0 Å². The minimum absolute atomic E-state index is 0. The number of nitriles is 6. The van der Waals surface area contributed by atoms with Crippen LogP contribution in [0.15, 0.2) is 0 Å². The number of nitrogens with zero attached hydrogens (tertiary/aromatic N) is 6. The number of halogens is 1. The standard InChI is InChI=1S/6CHN.ClH.Fe.2K.2H/c6*1-2;;;;;;/h6*1H;1H;;;;;. The molecule has 0 amide bonds. The molecule has 0 aliphatic heterocycles. The molecule has 0 atom stereocenters. The molecule has 0 aliphatic carbocycles. The third-order valence-electron chi connectivity index (χ3n) is 0. The summed E-state index contributed by atoms with van der Waals surface area (Å²) < 4.78 is 0. The van der Waals surface area contributed by atoms with E-state index in [0.29, 0.717) is 0 Å². The first-order chi connectivity index (χ1) is 6.00. The summed E-state index contributed by atoms with van der Waals surface area (Å²) in [6.45, 7) is 21.0. The summed E-state index contributed by atoms with van der Waals surface area (Å²) in [7, 11) is 0. The first-order valence-electron chi connectivity index (χ1n) is 1.55. The fraction of sp³-hybridized carbons (Fsp3) is 0. The van der Waals surface area contributed by atoms with Crippen molar-refractivity contribution in [3.63, 3.8) is 0 Å². The first kappa shape index (κ1) is 88.6. The van der Waals surface area contributed by atoms with E-state index in [2.05, 4.69) is 39.4 Å². The van der Waals surface area contributed by atoms with E-state index >= 15 is 0 Å². The molecule has 0 aliphatic rings. The van der Waals surface area contributed by atoms with Gasteiger partial charge < -0.3 is 0 Å². The summed E-state index contributed by atoms with van der Waals surface area (Å²) in [5.41, 5.74) is 0. The number of rotatable bonds is 0. The second-order valence-electron chi connectivity index (χ2n) is 0. The van der Waals surface area contributed by atoms with E-state index in [-0.39, 0.29) is 132 Å². The van der Waals surface area contributed by atoms with Gasteiger partial charge in [-0.2, -0.15) is 0 Å². The van der Waals surface area contributed by atoms with E-state index in [9.17, 15) is 0 Å². The fourth-order valence-electron chi connectivity index (χ4n) is 0. The van der Waals surface area contributed by atoms with Crippen molar-refractivity contribution in [1.29, 1.82) is 31.6 Å². The monoisotopic (exact) mass is 334 g/mol. The molecule has 6 nitrogen and oxygen atoms in total. The van der Waals surface area contributed by atoms with Crippen LogP contribution in [0.5, 0.6) is 0 Å². The second-order valence-corrected chi connectivity index (χ2v) is 0. The Morgan fingerprint density at radius 2 is 0.375 bits per heavy atom. The molecular formula is C6H9ClFeK2N6. The van der Waals surface area contributed by atoms with E-state index < -0.39 is 0 Å². The number of hydrogen-bond donors (Lipinski definition) is 0. The maximum absolute atomic E-state index is 6.50. The van der Waals surface area contributed by atoms with E-state index in [1.165, 1.54) is 0 Å². The summed E-state index contributed by atoms with van der Waals surface area (Å²) in [5, 5.41) is 39.0. The molecule has 0 heterocycles. The van der Waals surface area contributed by atoms with Crippen LogP contribution in [0.4, 0.5) is 0 Å². The van der Waals surface area contributed by atoms with Gasteiger partial charge >= 0.3 is 103 Å². The molecule has 0 aromatic carbocycles. The molecule has 0 aromatic heterocycles. The summed E-state index contributed by atoms with van der Waals surface area (Å²) >= 11 is 0. The van der Waals surface area contributed by atoms with Crippen molar-refractivity contribution >= 4 is 115 Å². The quantitative estimate of drug-likeness (QED) is 0.568. The molecule has 0 radical (unpaired) electrons. The van der Waals surface area contributed by atoms with E-state index in [0.717, 1.165) is 0 Å². The zero-order valence-electron chi connectivity index (χ0n) is 6.91. The van der Waals surface area contributed by atoms with E-state index in [1.807, 2.05) is 0 Å². The van der Waals surface area contributed by atoms with Gasteiger partial charge in [0, 0.05) is 56.5 Å². The number of hydrogen-bond acceptors (Lipinski definition) is 6. The summed E-state index contributed by atoms with van der Waals surface area (Å²) in [6, 6.07) is 0. The first-order valence-corrected chi connectivity index (χ1v) is 1.55. The Morgan fingerprint density at radius 3 is 0.375 bits per heavy atom. The Labute approximate surface area is 199 Å². The zero-order chi connectivity index (χ0) is 12.0.